The number of H-pyrrole nitrogens is 1. The minimum Gasteiger partial charge on any atom is -0.340 e. The van der Waals surface area contributed by atoms with E-state index >= 15 is 4.39 Å². The van der Waals surface area contributed by atoms with E-state index < -0.39 is 0 Å². The fraction of sp³-hybridized carbons (Fsp3) is 0.448. The molecular weight excluding hydrogens is 495 g/mol. The van der Waals surface area contributed by atoms with Crippen molar-refractivity contribution in [1.29, 1.82) is 0 Å². The number of carbonyl (C=O) groups is 1. The van der Waals surface area contributed by atoms with Gasteiger partial charge in [-0.1, -0.05) is 0 Å². The van der Waals surface area contributed by atoms with E-state index in [0.717, 1.165) is 56.7 Å². The topological polar surface area (TPSA) is 95.0 Å². The summed E-state index contributed by atoms with van der Waals surface area (Å²) in [5, 5.41) is 7.63. The Labute approximate surface area is 226 Å². The second kappa shape index (κ2) is 9.75. The fourth-order valence-corrected chi connectivity index (χ4v) is 5.52. The summed E-state index contributed by atoms with van der Waals surface area (Å²) >= 11 is 0. The van der Waals surface area contributed by atoms with Crippen molar-refractivity contribution in [3.8, 4) is 11.1 Å². The average molecular weight is 529 g/mol. The van der Waals surface area contributed by atoms with Crippen LogP contribution in [0, 0.1) is 17.7 Å². The molecule has 1 unspecified atom stereocenters. The number of hydrogen-bond acceptors (Lipinski definition) is 6. The van der Waals surface area contributed by atoms with E-state index in [-0.39, 0.29) is 17.8 Å². The van der Waals surface area contributed by atoms with Crippen LogP contribution in [-0.4, -0.2) is 66.6 Å². The van der Waals surface area contributed by atoms with E-state index in [2.05, 4.69) is 37.2 Å². The van der Waals surface area contributed by atoms with Crippen molar-refractivity contribution >= 4 is 28.7 Å². The molecule has 0 bridgehead atoms. The SMILES string of the molecule is CC(c1ccnc(Nc2nc3ccc(-c4cnn(CC5CC5)c4)c(F)c3[nH]2)c1)N1CCN(C(=O)C2CC2)CC1. The van der Waals surface area contributed by atoms with Crippen molar-refractivity contribution in [2.24, 2.45) is 11.8 Å². The highest BCUT2D eigenvalue weighted by atomic mass is 19.1. The van der Waals surface area contributed by atoms with Gasteiger partial charge in [-0.25, -0.2) is 14.4 Å². The van der Waals surface area contributed by atoms with Gasteiger partial charge in [0.05, 0.1) is 11.7 Å². The van der Waals surface area contributed by atoms with E-state index in [1.807, 2.05) is 34.0 Å². The van der Waals surface area contributed by atoms with Crippen LogP contribution in [0.4, 0.5) is 16.2 Å². The van der Waals surface area contributed by atoms with Crippen LogP contribution in [-0.2, 0) is 11.3 Å². The number of nitrogens with one attached hydrogen (secondary N) is 2. The lowest BCUT2D eigenvalue weighted by Crippen LogP contribution is -2.49. The van der Waals surface area contributed by atoms with Crippen molar-refractivity contribution in [3.05, 3.63) is 54.2 Å². The van der Waals surface area contributed by atoms with Crippen LogP contribution < -0.4 is 5.32 Å². The van der Waals surface area contributed by atoms with Gasteiger partial charge in [0.15, 0.2) is 5.82 Å². The monoisotopic (exact) mass is 528 g/mol. The van der Waals surface area contributed by atoms with Crippen molar-refractivity contribution in [2.45, 2.75) is 45.2 Å². The fourth-order valence-electron chi connectivity index (χ4n) is 5.52. The molecule has 7 rings (SSSR count). The molecule has 10 heteroatoms. The van der Waals surface area contributed by atoms with Crippen LogP contribution in [0.2, 0.25) is 0 Å². The van der Waals surface area contributed by atoms with Crippen LogP contribution in [0.15, 0.2) is 42.9 Å². The summed E-state index contributed by atoms with van der Waals surface area (Å²) in [6, 6.07) is 7.80. The minimum atomic E-state index is -0.339. The van der Waals surface area contributed by atoms with Gasteiger partial charge in [-0.05, 0) is 68.4 Å². The second-order valence-electron chi connectivity index (χ2n) is 11.2. The van der Waals surface area contributed by atoms with Crippen molar-refractivity contribution in [3.63, 3.8) is 0 Å². The molecule has 1 aliphatic heterocycles. The zero-order chi connectivity index (χ0) is 26.5. The maximum Gasteiger partial charge on any atom is 0.225 e. The molecule has 3 fully saturated rings. The molecule has 1 atom stereocenters. The predicted octanol–water partition coefficient (Wildman–Crippen LogP) is 4.73. The number of anilines is 2. The molecule has 1 amide bonds. The number of carbonyl (C=O) groups excluding carboxylic acids is 1. The van der Waals surface area contributed by atoms with Crippen molar-refractivity contribution < 1.29 is 9.18 Å². The summed E-state index contributed by atoms with van der Waals surface area (Å²) in [7, 11) is 0. The number of benzene rings is 1. The van der Waals surface area contributed by atoms with Crippen LogP contribution in [0.3, 0.4) is 0 Å². The molecular formula is C29H33FN8O. The number of amides is 1. The van der Waals surface area contributed by atoms with Crippen molar-refractivity contribution in [2.75, 3.05) is 31.5 Å². The molecule has 2 saturated carbocycles. The number of imidazole rings is 1. The van der Waals surface area contributed by atoms with E-state index in [9.17, 15) is 4.79 Å². The Hall–Kier alpha value is -3.79. The number of aromatic nitrogens is 5. The first-order valence-electron chi connectivity index (χ1n) is 14.0. The Morgan fingerprint density at radius 2 is 1.97 bits per heavy atom. The summed E-state index contributed by atoms with van der Waals surface area (Å²) in [5.74, 6) is 2.05. The molecule has 1 saturated heterocycles. The van der Waals surface area contributed by atoms with Gasteiger partial charge in [0.25, 0.3) is 0 Å². The van der Waals surface area contributed by atoms with E-state index in [0.29, 0.717) is 40.2 Å². The predicted molar refractivity (Wildman–Crippen MR) is 147 cm³/mol. The first-order chi connectivity index (χ1) is 19.0. The van der Waals surface area contributed by atoms with E-state index in [1.165, 1.54) is 12.8 Å². The summed E-state index contributed by atoms with van der Waals surface area (Å²) in [6.45, 7) is 6.35. The first-order valence-corrected chi connectivity index (χ1v) is 14.0. The molecule has 1 aromatic carbocycles. The number of aromatic amines is 1. The Morgan fingerprint density at radius 3 is 2.74 bits per heavy atom. The number of hydrogen-bond donors (Lipinski definition) is 2. The smallest absolute Gasteiger partial charge is 0.225 e. The van der Waals surface area contributed by atoms with Gasteiger partial charge in [0.2, 0.25) is 11.9 Å². The highest BCUT2D eigenvalue weighted by molar-refractivity contribution is 5.84. The Balaban J connectivity index is 1.04. The lowest BCUT2D eigenvalue weighted by molar-refractivity contribution is -0.134. The van der Waals surface area contributed by atoms with Gasteiger partial charge >= 0.3 is 0 Å². The second-order valence-corrected chi connectivity index (χ2v) is 11.2. The quantitative estimate of drug-likeness (QED) is 0.343. The number of fused-ring (bicyclic) bond motifs is 1. The molecule has 0 spiro atoms. The molecule has 4 aromatic rings. The molecule has 39 heavy (non-hydrogen) atoms. The number of piperazine rings is 1. The Bertz CT molecular complexity index is 1510. The highest BCUT2D eigenvalue weighted by Crippen LogP contribution is 2.33. The third kappa shape index (κ3) is 5.01. The number of rotatable bonds is 8. The van der Waals surface area contributed by atoms with E-state index in [1.54, 1.807) is 18.5 Å². The molecule has 2 aliphatic carbocycles. The first kappa shape index (κ1) is 24.3. The van der Waals surface area contributed by atoms with Gasteiger partial charge in [-0.15, -0.1) is 0 Å². The van der Waals surface area contributed by atoms with Gasteiger partial charge in [-0.2, -0.15) is 5.10 Å². The lowest BCUT2D eigenvalue weighted by Gasteiger charge is -2.38. The summed E-state index contributed by atoms with van der Waals surface area (Å²) in [4.78, 5) is 28.9. The molecule has 202 valence electrons. The lowest BCUT2D eigenvalue weighted by atomic mass is 10.1. The van der Waals surface area contributed by atoms with Crippen LogP contribution in [0.1, 0.15) is 44.2 Å². The standard InChI is InChI=1S/C29H33FN8O/c1-18(36-10-12-37(13-11-36)28(39)20-4-5-20)21-8-9-31-25(14-21)34-29-33-24-7-6-23(26(30)27(24)35-29)22-15-32-38(17-22)16-19-2-3-19/h6-9,14-15,17-20H,2-5,10-13,16H2,1H3,(H2,31,33,34,35). The van der Waals surface area contributed by atoms with Crippen molar-refractivity contribution in [1.82, 2.24) is 34.5 Å². The van der Waals surface area contributed by atoms with Gasteiger partial charge in [0.1, 0.15) is 11.3 Å². The largest absolute Gasteiger partial charge is 0.340 e. The number of pyridine rings is 1. The molecule has 3 aliphatic rings. The molecule has 2 N–H and O–H groups in total. The van der Waals surface area contributed by atoms with Crippen LogP contribution in [0.25, 0.3) is 22.2 Å². The minimum absolute atomic E-state index is 0.184. The molecule has 9 nitrogen and oxygen atoms in total. The Kier molecular flexibility index (Phi) is 6.07. The van der Waals surface area contributed by atoms with Crippen LogP contribution in [0.5, 0.6) is 0 Å². The molecule has 3 aromatic heterocycles. The van der Waals surface area contributed by atoms with E-state index in [4.69, 9.17) is 0 Å². The summed E-state index contributed by atoms with van der Waals surface area (Å²) in [6.07, 6.45) is 10.0. The zero-order valence-corrected chi connectivity index (χ0v) is 22.1. The van der Waals surface area contributed by atoms with Gasteiger partial charge < -0.3 is 15.2 Å². The molecule has 0 radical (unpaired) electrons. The average Bonchev–Trinajstić information content (AvgIpc) is 3.88. The van der Waals surface area contributed by atoms with Crippen LogP contribution >= 0.6 is 0 Å². The maximum absolute atomic E-state index is 15.5. The van der Waals surface area contributed by atoms with Gasteiger partial charge in [0, 0.05) is 68.2 Å². The third-order valence-corrected chi connectivity index (χ3v) is 8.30. The highest BCUT2D eigenvalue weighted by Gasteiger charge is 2.35. The molecule has 4 heterocycles. The maximum atomic E-state index is 15.5. The summed E-state index contributed by atoms with van der Waals surface area (Å²) < 4.78 is 17.4. The normalized spacial score (nSPS) is 19.0. The third-order valence-electron chi connectivity index (χ3n) is 8.30. The Morgan fingerprint density at radius 1 is 1.15 bits per heavy atom. The zero-order valence-electron chi connectivity index (χ0n) is 22.1. The number of nitrogens with zero attached hydrogens (tertiary/aromatic N) is 6. The summed E-state index contributed by atoms with van der Waals surface area (Å²) in [5.41, 5.74) is 3.30. The number of halogens is 1. The van der Waals surface area contributed by atoms with Gasteiger partial charge in [-0.3, -0.25) is 14.4 Å².